The van der Waals surface area contributed by atoms with Crippen molar-refractivity contribution < 1.29 is 4.39 Å². The van der Waals surface area contributed by atoms with Crippen LogP contribution in [-0.4, -0.2) is 29.3 Å². The molecule has 0 amide bonds. The van der Waals surface area contributed by atoms with Gasteiger partial charge in [-0.15, -0.1) is 10.2 Å². The van der Waals surface area contributed by atoms with Crippen molar-refractivity contribution in [1.29, 1.82) is 0 Å². The molecular formula is C17H18ClFN4. The van der Waals surface area contributed by atoms with E-state index in [-0.39, 0.29) is 5.82 Å². The number of halogens is 2. The molecule has 120 valence electrons. The van der Waals surface area contributed by atoms with Crippen LogP contribution in [0.25, 0.3) is 11.3 Å². The van der Waals surface area contributed by atoms with Crippen LogP contribution in [0.15, 0.2) is 30.3 Å². The number of rotatable bonds is 3. The van der Waals surface area contributed by atoms with E-state index in [4.69, 9.17) is 11.6 Å². The molecule has 1 saturated carbocycles. The first-order valence-corrected chi connectivity index (χ1v) is 8.33. The van der Waals surface area contributed by atoms with Crippen LogP contribution in [-0.2, 0) is 0 Å². The van der Waals surface area contributed by atoms with Crippen molar-refractivity contribution in [3.63, 3.8) is 0 Å². The Labute approximate surface area is 139 Å². The fourth-order valence-electron chi connectivity index (χ4n) is 3.74. The second-order valence-electron chi connectivity index (χ2n) is 6.42. The fraction of sp³-hybridized carbons (Fsp3) is 0.412. The van der Waals surface area contributed by atoms with Gasteiger partial charge in [0.2, 0.25) is 0 Å². The lowest BCUT2D eigenvalue weighted by molar-refractivity contribution is 0.494. The van der Waals surface area contributed by atoms with Crippen LogP contribution in [0.4, 0.5) is 10.2 Å². The quantitative estimate of drug-likeness (QED) is 0.905. The molecule has 1 unspecified atom stereocenters. The Morgan fingerprint density at radius 3 is 2.57 bits per heavy atom. The van der Waals surface area contributed by atoms with Gasteiger partial charge in [-0.25, -0.2) is 4.39 Å². The van der Waals surface area contributed by atoms with Crippen LogP contribution in [0.2, 0.25) is 5.02 Å². The minimum atomic E-state index is -0.334. The summed E-state index contributed by atoms with van der Waals surface area (Å²) < 4.78 is 13.4. The Kier molecular flexibility index (Phi) is 3.91. The third-order valence-electron chi connectivity index (χ3n) is 4.88. The Morgan fingerprint density at radius 1 is 1.09 bits per heavy atom. The largest absolute Gasteiger partial charge is 0.366 e. The number of fused-ring (bicyclic) bond motifs is 1. The van der Waals surface area contributed by atoms with Gasteiger partial charge in [0.25, 0.3) is 0 Å². The molecule has 2 aromatic rings. The highest BCUT2D eigenvalue weighted by atomic mass is 35.5. The summed E-state index contributed by atoms with van der Waals surface area (Å²) in [6, 6.07) is 8.42. The van der Waals surface area contributed by atoms with Crippen LogP contribution in [0.5, 0.6) is 0 Å². The van der Waals surface area contributed by atoms with Crippen LogP contribution in [0, 0.1) is 17.7 Å². The van der Waals surface area contributed by atoms with Gasteiger partial charge in [-0.05, 0) is 68.1 Å². The van der Waals surface area contributed by atoms with E-state index in [9.17, 15) is 4.39 Å². The van der Waals surface area contributed by atoms with Gasteiger partial charge in [-0.3, -0.25) is 0 Å². The van der Waals surface area contributed by atoms with Crippen molar-refractivity contribution in [3.05, 3.63) is 41.2 Å². The summed E-state index contributed by atoms with van der Waals surface area (Å²) in [4.78, 5) is 0. The van der Waals surface area contributed by atoms with E-state index in [0.29, 0.717) is 22.3 Å². The Balaban J connectivity index is 1.47. The minimum absolute atomic E-state index is 0.334. The highest BCUT2D eigenvalue weighted by Crippen LogP contribution is 2.35. The maximum absolute atomic E-state index is 13.4. The molecule has 4 nitrogen and oxygen atoms in total. The van der Waals surface area contributed by atoms with E-state index in [1.165, 1.54) is 31.0 Å². The highest BCUT2D eigenvalue weighted by Gasteiger charge is 2.37. The summed E-state index contributed by atoms with van der Waals surface area (Å²) in [7, 11) is 0. The summed E-state index contributed by atoms with van der Waals surface area (Å²) in [5, 5.41) is 15.8. The molecule has 4 rings (SSSR count). The summed E-state index contributed by atoms with van der Waals surface area (Å²) in [5.74, 6) is 2.00. The first-order chi connectivity index (χ1) is 11.2. The molecule has 0 bridgehead atoms. The molecule has 2 heterocycles. The van der Waals surface area contributed by atoms with Crippen LogP contribution >= 0.6 is 11.6 Å². The standard InChI is InChI=1S/C17H18ClFN4/c18-15-2-1-12(19)7-14(15)16-3-4-17(23-22-16)21-13-5-10-8-20-9-11(10)6-13/h1-4,7,10-11,13,20H,5-6,8-9H2,(H,21,23)/t10-,11+,13?. The molecule has 1 saturated heterocycles. The Hall–Kier alpha value is -1.72. The average molecular weight is 333 g/mol. The summed E-state index contributed by atoms with van der Waals surface area (Å²) in [6.07, 6.45) is 2.35. The first-order valence-electron chi connectivity index (χ1n) is 7.95. The highest BCUT2D eigenvalue weighted by molar-refractivity contribution is 6.33. The van der Waals surface area contributed by atoms with Gasteiger partial charge in [-0.2, -0.15) is 0 Å². The van der Waals surface area contributed by atoms with Crippen molar-refractivity contribution in [2.75, 3.05) is 18.4 Å². The van der Waals surface area contributed by atoms with Gasteiger partial charge in [0, 0.05) is 11.6 Å². The zero-order chi connectivity index (χ0) is 15.8. The van der Waals surface area contributed by atoms with E-state index in [1.54, 1.807) is 0 Å². The number of nitrogens with one attached hydrogen (secondary N) is 2. The molecule has 1 aromatic carbocycles. The predicted octanol–water partition coefficient (Wildman–Crippen LogP) is 3.35. The van der Waals surface area contributed by atoms with Crippen LogP contribution in [0.1, 0.15) is 12.8 Å². The number of anilines is 1. The van der Waals surface area contributed by atoms with E-state index in [1.807, 2.05) is 12.1 Å². The summed E-state index contributed by atoms with van der Waals surface area (Å²) in [6.45, 7) is 2.26. The lowest BCUT2D eigenvalue weighted by atomic mass is 10.0. The molecule has 0 radical (unpaired) electrons. The normalized spacial score (nSPS) is 26.3. The monoisotopic (exact) mass is 332 g/mol. The van der Waals surface area contributed by atoms with Crippen LogP contribution in [0.3, 0.4) is 0 Å². The van der Waals surface area contributed by atoms with Gasteiger partial charge in [0.15, 0.2) is 0 Å². The van der Waals surface area contributed by atoms with Gasteiger partial charge < -0.3 is 10.6 Å². The van der Waals surface area contributed by atoms with E-state index in [2.05, 4.69) is 20.8 Å². The molecule has 6 heteroatoms. The lowest BCUT2D eigenvalue weighted by Gasteiger charge is -2.14. The predicted molar refractivity (Wildman–Crippen MR) is 88.9 cm³/mol. The van der Waals surface area contributed by atoms with Crippen molar-refractivity contribution in [1.82, 2.24) is 15.5 Å². The Bertz CT molecular complexity index is 694. The molecule has 2 N–H and O–H groups in total. The average Bonchev–Trinajstić information content (AvgIpc) is 3.12. The third kappa shape index (κ3) is 3.03. The topological polar surface area (TPSA) is 49.8 Å². The SMILES string of the molecule is Fc1ccc(Cl)c(-c2ccc(NC3C[C@H]4CNC[C@H]4C3)nn2)c1. The second kappa shape index (κ2) is 6.06. The zero-order valence-corrected chi connectivity index (χ0v) is 13.4. The summed E-state index contributed by atoms with van der Waals surface area (Å²) >= 11 is 6.11. The smallest absolute Gasteiger partial charge is 0.148 e. The van der Waals surface area contributed by atoms with E-state index >= 15 is 0 Å². The van der Waals surface area contributed by atoms with Crippen LogP contribution < -0.4 is 10.6 Å². The molecule has 2 fully saturated rings. The van der Waals surface area contributed by atoms with Gasteiger partial charge >= 0.3 is 0 Å². The van der Waals surface area contributed by atoms with Crippen molar-refractivity contribution >= 4 is 17.4 Å². The number of aromatic nitrogens is 2. The first kappa shape index (κ1) is 14.8. The summed E-state index contributed by atoms with van der Waals surface area (Å²) in [5.41, 5.74) is 1.14. The number of benzene rings is 1. The van der Waals surface area contributed by atoms with E-state index < -0.39 is 0 Å². The van der Waals surface area contributed by atoms with Crippen molar-refractivity contribution in [2.24, 2.45) is 11.8 Å². The third-order valence-corrected chi connectivity index (χ3v) is 5.20. The number of nitrogens with zero attached hydrogens (tertiary/aromatic N) is 2. The minimum Gasteiger partial charge on any atom is -0.366 e. The number of hydrogen-bond donors (Lipinski definition) is 2. The van der Waals surface area contributed by atoms with E-state index in [0.717, 1.165) is 30.7 Å². The fourth-order valence-corrected chi connectivity index (χ4v) is 3.95. The van der Waals surface area contributed by atoms with Crippen molar-refractivity contribution in [2.45, 2.75) is 18.9 Å². The maximum atomic E-state index is 13.4. The van der Waals surface area contributed by atoms with Gasteiger partial charge in [-0.1, -0.05) is 11.6 Å². The second-order valence-corrected chi connectivity index (χ2v) is 6.83. The lowest BCUT2D eigenvalue weighted by Crippen LogP contribution is -2.21. The molecule has 3 atom stereocenters. The number of hydrogen-bond acceptors (Lipinski definition) is 4. The molecule has 1 aliphatic carbocycles. The molecule has 23 heavy (non-hydrogen) atoms. The molecule has 1 aromatic heterocycles. The molecule has 2 aliphatic rings. The molecular weight excluding hydrogens is 315 g/mol. The zero-order valence-electron chi connectivity index (χ0n) is 12.6. The van der Waals surface area contributed by atoms with Crippen molar-refractivity contribution in [3.8, 4) is 11.3 Å². The maximum Gasteiger partial charge on any atom is 0.148 e. The van der Waals surface area contributed by atoms with Gasteiger partial charge in [0.05, 0.1) is 10.7 Å². The molecule has 0 spiro atoms. The Morgan fingerprint density at radius 2 is 1.87 bits per heavy atom. The molecule has 1 aliphatic heterocycles. The van der Waals surface area contributed by atoms with Gasteiger partial charge in [0.1, 0.15) is 11.6 Å².